The zero-order chi connectivity index (χ0) is 19.3. The first-order valence-electron chi connectivity index (χ1n) is 9.89. The lowest BCUT2D eigenvalue weighted by molar-refractivity contribution is 0.670. The molecule has 0 amide bonds. The van der Waals surface area contributed by atoms with Crippen molar-refractivity contribution in [3.8, 4) is 0 Å². The number of hydrogen-bond acceptors (Lipinski definition) is 0. The minimum atomic E-state index is 0.221. The smallest absolute Gasteiger partial charge is 0.0297 e. The van der Waals surface area contributed by atoms with Crippen LogP contribution in [0.25, 0.3) is 11.1 Å². The van der Waals surface area contributed by atoms with Gasteiger partial charge in [0.05, 0.1) is 0 Å². The Morgan fingerprint density at radius 3 is 1.41 bits per heavy atom. The fourth-order valence-corrected chi connectivity index (χ4v) is 5.92. The van der Waals surface area contributed by atoms with E-state index in [9.17, 15) is 0 Å². The zero-order valence-electron chi connectivity index (χ0n) is 16.4. The molecule has 2 atom stereocenters. The summed E-state index contributed by atoms with van der Waals surface area (Å²) in [7, 11) is 0. The molecule has 0 nitrogen and oxygen atoms in total. The van der Waals surface area contributed by atoms with Crippen LogP contribution < -0.4 is 0 Å². The van der Waals surface area contributed by atoms with E-state index in [1.54, 1.807) is 0 Å². The lowest BCUT2D eigenvalue weighted by atomic mass is 9.87. The van der Waals surface area contributed by atoms with Crippen LogP contribution in [0, 0.1) is 11.8 Å². The predicted octanol–water partition coefficient (Wildman–Crippen LogP) is 8.18. The molecule has 0 saturated carbocycles. The third kappa shape index (κ3) is 2.98. The summed E-state index contributed by atoms with van der Waals surface area (Å²) in [5, 5.41) is 2.01. The molecule has 0 saturated heterocycles. The van der Waals surface area contributed by atoms with Gasteiger partial charge in [-0.3, -0.25) is 0 Å². The van der Waals surface area contributed by atoms with Gasteiger partial charge in [-0.2, -0.15) is 0 Å². The van der Waals surface area contributed by atoms with Gasteiger partial charge in [0.1, 0.15) is 0 Å². The number of fused-ring (bicyclic) bond motifs is 2. The van der Waals surface area contributed by atoms with Crippen LogP contribution in [0.3, 0.4) is 0 Å². The van der Waals surface area contributed by atoms with Gasteiger partial charge in [-0.25, -0.2) is 0 Å². The summed E-state index contributed by atoms with van der Waals surface area (Å²) in [4.78, 5) is 0. The minimum absolute atomic E-state index is 0.221. The Balaban J connectivity index is 1.79. The molecule has 0 fully saturated rings. The van der Waals surface area contributed by atoms with E-state index in [0.717, 1.165) is 16.5 Å². The van der Waals surface area contributed by atoms with Crippen LogP contribution in [0.1, 0.15) is 68.2 Å². The quantitative estimate of drug-likeness (QED) is 0.488. The van der Waals surface area contributed by atoms with Crippen molar-refractivity contribution in [2.45, 2.75) is 46.0 Å². The Bertz CT molecular complexity index is 869. The Morgan fingerprint density at radius 2 is 1.04 bits per heavy atom. The Hall–Kier alpha value is -1.50. The summed E-state index contributed by atoms with van der Waals surface area (Å²) in [5.74, 6) is 1.27. The van der Waals surface area contributed by atoms with Gasteiger partial charge in [-0.15, -0.1) is 0 Å². The third-order valence-electron chi connectivity index (χ3n) is 6.01. The van der Waals surface area contributed by atoms with Crippen LogP contribution in [-0.2, 0) is 0 Å². The number of halogens is 2. The summed E-state index contributed by atoms with van der Waals surface area (Å²) in [6.45, 7) is 8.91. The monoisotopic (exact) mass is 396 g/mol. The van der Waals surface area contributed by atoms with E-state index in [1.165, 1.54) is 33.4 Å². The van der Waals surface area contributed by atoms with E-state index in [1.807, 2.05) is 0 Å². The molecule has 0 radical (unpaired) electrons. The molecule has 2 aliphatic carbocycles. The SMILES string of the molecule is CC(C)C1=C(Cl)C(CC2C(Cl)=C(C(C)C)c3ccccc32)c2ccccc21. The summed E-state index contributed by atoms with van der Waals surface area (Å²) in [5.41, 5.74) is 7.94. The van der Waals surface area contributed by atoms with E-state index in [2.05, 4.69) is 76.2 Å². The van der Waals surface area contributed by atoms with E-state index in [-0.39, 0.29) is 11.8 Å². The normalized spacial score (nSPS) is 21.5. The lowest BCUT2D eigenvalue weighted by Gasteiger charge is -2.20. The molecule has 2 aromatic rings. The zero-order valence-corrected chi connectivity index (χ0v) is 17.9. The van der Waals surface area contributed by atoms with Crippen molar-refractivity contribution in [3.05, 3.63) is 80.8 Å². The fraction of sp³-hybridized carbons (Fsp3) is 0.360. The second kappa shape index (κ2) is 7.15. The fourth-order valence-electron chi connectivity index (χ4n) is 4.87. The lowest BCUT2D eigenvalue weighted by Crippen LogP contribution is -2.04. The maximum atomic E-state index is 6.98. The topological polar surface area (TPSA) is 0 Å². The van der Waals surface area contributed by atoms with Gasteiger partial charge in [0.2, 0.25) is 0 Å². The number of hydrogen-bond donors (Lipinski definition) is 0. The molecule has 2 aliphatic rings. The summed E-state index contributed by atoms with van der Waals surface area (Å²) in [6, 6.07) is 17.4. The van der Waals surface area contributed by atoms with Gasteiger partial charge in [0, 0.05) is 21.9 Å². The highest BCUT2D eigenvalue weighted by molar-refractivity contribution is 6.35. The third-order valence-corrected chi connectivity index (χ3v) is 6.94. The van der Waals surface area contributed by atoms with Crippen molar-refractivity contribution < 1.29 is 0 Å². The number of rotatable bonds is 4. The first kappa shape index (κ1) is 18.8. The first-order valence-corrected chi connectivity index (χ1v) is 10.6. The maximum absolute atomic E-state index is 6.98. The Labute approximate surface area is 172 Å². The molecule has 2 aromatic carbocycles. The van der Waals surface area contributed by atoms with Crippen molar-refractivity contribution in [3.63, 3.8) is 0 Å². The minimum Gasteiger partial charge on any atom is -0.0881 e. The molecule has 0 aromatic heterocycles. The first-order chi connectivity index (χ1) is 12.9. The van der Waals surface area contributed by atoms with Crippen molar-refractivity contribution in [1.82, 2.24) is 0 Å². The molecule has 0 spiro atoms. The van der Waals surface area contributed by atoms with Gasteiger partial charge >= 0.3 is 0 Å². The van der Waals surface area contributed by atoms with Crippen molar-refractivity contribution >= 4 is 34.3 Å². The maximum Gasteiger partial charge on any atom is 0.0297 e. The van der Waals surface area contributed by atoms with Gasteiger partial charge in [0.15, 0.2) is 0 Å². The van der Waals surface area contributed by atoms with Crippen molar-refractivity contribution in [2.24, 2.45) is 11.8 Å². The van der Waals surface area contributed by atoms with Crippen LogP contribution in [0.4, 0.5) is 0 Å². The molecule has 140 valence electrons. The molecule has 0 bridgehead atoms. The largest absolute Gasteiger partial charge is 0.0881 e. The van der Waals surface area contributed by atoms with E-state index >= 15 is 0 Å². The average Bonchev–Trinajstić information content (AvgIpc) is 3.07. The van der Waals surface area contributed by atoms with E-state index < -0.39 is 0 Å². The molecule has 0 heterocycles. The molecular formula is C25H26Cl2. The van der Waals surface area contributed by atoms with Crippen molar-refractivity contribution in [2.75, 3.05) is 0 Å². The second-order valence-electron chi connectivity index (χ2n) is 8.35. The standard InChI is InChI=1S/C25H26Cl2/c1-14(2)22-18-11-7-5-9-16(18)20(24(22)26)13-21-17-10-6-8-12-19(17)23(15(3)4)25(21)27/h5-12,14-15,20-21H,13H2,1-4H3. The number of benzene rings is 2. The molecule has 0 N–H and O–H groups in total. The van der Waals surface area contributed by atoms with Crippen LogP contribution >= 0.6 is 23.2 Å². The van der Waals surface area contributed by atoms with Gasteiger partial charge in [-0.1, -0.05) is 99.4 Å². The van der Waals surface area contributed by atoms with Crippen LogP contribution in [-0.4, -0.2) is 0 Å². The van der Waals surface area contributed by atoms with Crippen LogP contribution in [0.2, 0.25) is 0 Å². The Kier molecular flexibility index (Phi) is 4.99. The average molecular weight is 397 g/mol. The molecule has 2 heteroatoms. The second-order valence-corrected chi connectivity index (χ2v) is 9.16. The highest BCUT2D eigenvalue weighted by Crippen LogP contribution is 2.55. The summed E-state index contributed by atoms with van der Waals surface area (Å²) < 4.78 is 0. The summed E-state index contributed by atoms with van der Waals surface area (Å²) >= 11 is 14.0. The molecule has 0 aliphatic heterocycles. The number of allylic oxidation sites excluding steroid dienone is 4. The highest BCUT2D eigenvalue weighted by atomic mass is 35.5. The van der Waals surface area contributed by atoms with Crippen LogP contribution in [0.5, 0.6) is 0 Å². The molecule has 2 unspecified atom stereocenters. The van der Waals surface area contributed by atoms with Gasteiger partial charge in [-0.05, 0) is 51.7 Å². The highest BCUT2D eigenvalue weighted by Gasteiger charge is 2.37. The van der Waals surface area contributed by atoms with Gasteiger partial charge in [0.25, 0.3) is 0 Å². The predicted molar refractivity (Wildman–Crippen MR) is 118 cm³/mol. The molecular weight excluding hydrogens is 371 g/mol. The molecule has 4 rings (SSSR count). The van der Waals surface area contributed by atoms with E-state index in [4.69, 9.17) is 23.2 Å². The van der Waals surface area contributed by atoms with Crippen molar-refractivity contribution in [1.29, 1.82) is 0 Å². The Morgan fingerprint density at radius 1 is 0.667 bits per heavy atom. The summed E-state index contributed by atoms with van der Waals surface area (Å²) in [6.07, 6.45) is 0.929. The molecule has 27 heavy (non-hydrogen) atoms. The van der Waals surface area contributed by atoms with E-state index in [0.29, 0.717) is 11.8 Å². The van der Waals surface area contributed by atoms with Gasteiger partial charge < -0.3 is 0 Å². The van der Waals surface area contributed by atoms with Crippen LogP contribution in [0.15, 0.2) is 58.6 Å².